The summed E-state index contributed by atoms with van der Waals surface area (Å²) in [4.78, 5) is 23.9. The van der Waals surface area contributed by atoms with Crippen molar-refractivity contribution in [2.24, 2.45) is 22.0 Å². The van der Waals surface area contributed by atoms with Crippen molar-refractivity contribution < 1.29 is 9.59 Å². The van der Waals surface area contributed by atoms with Gasteiger partial charge in [0.1, 0.15) is 0 Å². The Morgan fingerprint density at radius 3 is 1.43 bits per heavy atom. The summed E-state index contributed by atoms with van der Waals surface area (Å²) < 4.78 is 0. The normalized spacial score (nSPS) is 22.5. The molecular weight excluding hydrogens is 352 g/mol. The second-order valence-corrected chi connectivity index (χ2v) is 8.39. The smallest absolute Gasteiger partial charge is 0.240 e. The van der Waals surface area contributed by atoms with Crippen LogP contribution < -0.4 is 10.9 Å². The molecule has 2 fully saturated rings. The van der Waals surface area contributed by atoms with Gasteiger partial charge in [0.25, 0.3) is 0 Å². The van der Waals surface area contributed by atoms with Crippen LogP contribution in [0.15, 0.2) is 10.2 Å². The number of carbonyl (C=O) groups excluding carboxylic acids is 2. The van der Waals surface area contributed by atoms with Gasteiger partial charge in [0.2, 0.25) is 11.8 Å². The molecule has 0 atom stereocenters. The number of amides is 2. The van der Waals surface area contributed by atoms with Crippen molar-refractivity contribution >= 4 is 23.2 Å². The fourth-order valence-electron chi connectivity index (χ4n) is 4.26. The molecule has 2 N–H and O–H groups in total. The Balaban J connectivity index is 1.59. The van der Waals surface area contributed by atoms with E-state index >= 15 is 0 Å². The van der Waals surface area contributed by atoms with E-state index in [1.807, 2.05) is 0 Å². The van der Waals surface area contributed by atoms with Gasteiger partial charge >= 0.3 is 0 Å². The SMILES string of the molecule is CCCC1CCC(=NNC(=O)CCC(=O)NN=C2CCC(CCC)CC2)CC1. The Labute approximate surface area is 170 Å². The summed E-state index contributed by atoms with van der Waals surface area (Å²) >= 11 is 0. The van der Waals surface area contributed by atoms with E-state index in [4.69, 9.17) is 0 Å². The summed E-state index contributed by atoms with van der Waals surface area (Å²) in [7, 11) is 0. The van der Waals surface area contributed by atoms with Gasteiger partial charge in [-0.25, -0.2) is 10.9 Å². The maximum atomic E-state index is 11.9. The van der Waals surface area contributed by atoms with E-state index in [2.05, 4.69) is 34.9 Å². The molecule has 0 aromatic rings. The minimum absolute atomic E-state index is 0.143. The molecule has 0 aromatic carbocycles. The zero-order valence-corrected chi connectivity index (χ0v) is 17.8. The number of rotatable bonds is 9. The summed E-state index contributed by atoms with van der Waals surface area (Å²) in [6.07, 6.45) is 13.9. The first kappa shape index (κ1) is 22.6. The van der Waals surface area contributed by atoms with Crippen molar-refractivity contribution in [1.82, 2.24) is 10.9 Å². The van der Waals surface area contributed by atoms with E-state index in [9.17, 15) is 9.59 Å². The highest BCUT2D eigenvalue weighted by atomic mass is 16.2. The third kappa shape index (κ3) is 8.53. The lowest BCUT2D eigenvalue weighted by Gasteiger charge is -2.22. The van der Waals surface area contributed by atoms with Gasteiger partial charge in [0.05, 0.1) is 0 Å². The molecule has 2 rings (SSSR count). The van der Waals surface area contributed by atoms with Crippen molar-refractivity contribution in [3.8, 4) is 0 Å². The molecule has 0 aliphatic heterocycles. The summed E-state index contributed by atoms with van der Waals surface area (Å²) in [5, 5.41) is 8.51. The number of hydrazone groups is 2. The largest absolute Gasteiger partial charge is 0.273 e. The van der Waals surface area contributed by atoms with E-state index in [0.717, 1.165) is 48.9 Å². The molecule has 0 spiro atoms. The topological polar surface area (TPSA) is 82.9 Å². The highest BCUT2D eigenvalue weighted by molar-refractivity contribution is 5.89. The van der Waals surface area contributed by atoms with Crippen molar-refractivity contribution in [2.45, 2.75) is 104 Å². The number of carbonyl (C=O) groups is 2. The molecule has 2 saturated carbocycles. The number of hydrogen-bond acceptors (Lipinski definition) is 4. The molecule has 158 valence electrons. The zero-order valence-electron chi connectivity index (χ0n) is 17.8. The fraction of sp³-hybridized carbons (Fsp3) is 0.818. The maximum absolute atomic E-state index is 11.9. The molecule has 0 unspecified atom stereocenters. The maximum Gasteiger partial charge on any atom is 0.240 e. The molecule has 0 radical (unpaired) electrons. The van der Waals surface area contributed by atoms with E-state index < -0.39 is 0 Å². The van der Waals surface area contributed by atoms with Gasteiger partial charge in [0, 0.05) is 24.3 Å². The van der Waals surface area contributed by atoms with Crippen LogP contribution in [0.25, 0.3) is 0 Å². The molecule has 0 bridgehead atoms. The van der Waals surface area contributed by atoms with Gasteiger partial charge in [-0.15, -0.1) is 0 Å². The Morgan fingerprint density at radius 2 is 1.11 bits per heavy atom. The minimum Gasteiger partial charge on any atom is -0.273 e. The number of nitrogens with zero attached hydrogens (tertiary/aromatic N) is 2. The van der Waals surface area contributed by atoms with Crippen LogP contribution in [0, 0.1) is 11.8 Å². The Bertz CT molecular complexity index is 501. The Kier molecular flexibility index (Phi) is 10.2. The zero-order chi connectivity index (χ0) is 20.2. The van der Waals surface area contributed by atoms with Crippen LogP contribution in [0.4, 0.5) is 0 Å². The van der Waals surface area contributed by atoms with E-state index in [1.54, 1.807) is 0 Å². The van der Waals surface area contributed by atoms with E-state index in [1.165, 1.54) is 51.4 Å². The summed E-state index contributed by atoms with van der Waals surface area (Å²) in [6, 6.07) is 0. The van der Waals surface area contributed by atoms with Crippen LogP contribution in [0.1, 0.15) is 104 Å². The third-order valence-electron chi connectivity index (χ3n) is 6.02. The van der Waals surface area contributed by atoms with Gasteiger partial charge in [0.15, 0.2) is 0 Å². The molecule has 0 saturated heterocycles. The fourth-order valence-corrected chi connectivity index (χ4v) is 4.26. The van der Waals surface area contributed by atoms with Crippen molar-refractivity contribution in [1.29, 1.82) is 0 Å². The van der Waals surface area contributed by atoms with Crippen molar-refractivity contribution in [3.05, 3.63) is 0 Å². The molecule has 2 aliphatic carbocycles. The molecule has 0 aromatic heterocycles. The first-order chi connectivity index (χ1) is 13.6. The molecule has 6 heteroatoms. The predicted octanol–water partition coefficient (Wildman–Crippen LogP) is 4.69. The lowest BCUT2D eigenvalue weighted by molar-refractivity contribution is -0.126. The molecular formula is C22H38N4O2. The van der Waals surface area contributed by atoms with E-state index in [0.29, 0.717) is 0 Å². The van der Waals surface area contributed by atoms with Crippen LogP contribution in [0.5, 0.6) is 0 Å². The minimum atomic E-state index is -0.203. The second-order valence-electron chi connectivity index (χ2n) is 8.39. The Morgan fingerprint density at radius 1 is 0.750 bits per heavy atom. The third-order valence-corrected chi connectivity index (χ3v) is 6.02. The summed E-state index contributed by atoms with van der Waals surface area (Å²) in [6.45, 7) is 4.45. The predicted molar refractivity (Wildman–Crippen MR) is 114 cm³/mol. The lowest BCUT2D eigenvalue weighted by Crippen LogP contribution is -2.25. The van der Waals surface area contributed by atoms with E-state index in [-0.39, 0.29) is 24.7 Å². The first-order valence-corrected chi connectivity index (χ1v) is 11.3. The van der Waals surface area contributed by atoms with Crippen LogP contribution in [-0.4, -0.2) is 23.2 Å². The molecule has 2 aliphatic rings. The van der Waals surface area contributed by atoms with Crippen molar-refractivity contribution in [2.75, 3.05) is 0 Å². The molecule has 6 nitrogen and oxygen atoms in total. The van der Waals surface area contributed by atoms with Gasteiger partial charge in [-0.05, 0) is 63.2 Å². The number of nitrogens with one attached hydrogen (secondary N) is 2. The van der Waals surface area contributed by atoms with Gasteiger partial charge < -0.3 is 0 Å². The van der Waals surface area contributed by atoms with Gasteiger partial charge in [-0.1, -0.05) is 39.5 Å². The second kappa shape index (κ2) is 12.7. The van der Waals surface area contributed by atoms with Crippen LogP contribution >= 0.6 is 0 Å². The van der Waals surface area contributed by atoms with Crippen molar-refractivity contribution in [3.63, 3.8) is 0 Å². The highest BCUT2D eigenvalue weighted by Gasteiger charge is 2.18. The number of hydrogen-bond donors (Lipinski definition) is 2. The Hall–Kier alpha value is -1.72. The van der Waals surface area contributed by atoms with Crippen LogP contribution in [0.3, 0.4) is 0 Å². The quantitative estimate of drug-likeness (QED) is 0.560. The first-order valence-electron chi connectivity index (χ1n) is 11.3. The monoisotopic (exact) mass is 390 g/mol. The lowest BCUT2D eigenvalue weighted by atomic mass is 9.85. The standard InChI is InChI=1S/C22H38N4O2/c1-3-5-17-7-11-19(12-8-17)23-25-21(27)15-16-22(28)26-24-20-13-9-18(6-4-2)10-14-20/h17-18H,3-16H2,1-2H3,(H,25,27)(H,26,28). The summed E-state index contributed by atoms with van der Waals surface area (Å²) in [5.74, 6) is 1.22. The van der Waals surface area contributed by atoms with Gasteiger partial charge in [-0.2, -0.15) is 10.2 Å². The average Bonchev–Trinajstić information content (AvgIpc) is 2.71. The van der Waals surface area contributed by atoms with Crippen LogP contribution in [0.2, 0.25) is 0 Å². The van der Waals surface area contributed by atoms with Gasteiger partial charge in [-0.3, -0.25) is 9.59 Å². The molecule has 2 amide bonds. The van der Waals surface area contributed by atoms with Crippen LogP contribution in [-0.2, 0) is 9.59 Å². The molecule has 0 heterocycles. The highest BCUT2D eigenvalue weighted by Crippen LogP contribution is 2.26. The summed E-state index contributed by atoms with van der Waals surface area (Å²) in [5.41, 5.74) is 7.38. The molecule has 28 heavy (non-hydrogen) atoms. The average molecular weight is 391 g/mol.